The number of rotatable bonds is 0. The number of fused-ring (bicyclic) bond motifs is 1. The third kappa shape index (κ3) is 1.51. The van der Waals surface area contributed by atoms with Gasteiger partial charge in [0, 0.05) is 17.0 Å². The van der Waals surface area contributed by atoms with E-state index in [1.165, 1.54) is 11.0 Å². The van der Waals surface area contributed by atoms with Crippen molar-refractivity contribution in [2.75, 3.05) is 11.9 Å². The van der Waals surface area contributed by atoms with Crippen LogP contribution in [0.3, 0.4) is 0 Å². The predicted octanol–water partition coefficient (Wildman–Crippen LogP) is 2.34. The average molecular weight is 305 g/mol. The molecule has 14 heavy (non-hydrogen) atoms. The lowest BCUT2D eigenvalue weighted by Gasteiger charge is -2.26. The van der Waals surface area contributed by atoms with Gasteiger partial charge in [0.1, 0.15) is 5.82 Å². The van der Waals surface area contributed by atoms with E-state index in [1.54, 1.807) is 7.05 Å². The summed E-state index contributed by atoms with van der Waals surface area (Å²) in [4.78, 5) is 12.8. The van der Waals surface area contributed by atoms with Gasteiger partial charge in [-0.1, -0.05) is 0 Å². The van der Waals surface area contributed by atoms with E-state index in [2.05, 4.69) is 22.6 Å². The van der Waals surface area contributed by atoms with E-state index in [0.717, 1.165) is 9.13 Å². The fourth-order valence-electron chi connectivity index (χ4n) is 1.72. The van der Waals surface area contributed by atoms with Crippen LogP contribution in [0, 0.1) is 9.39 Å². The van der Waals surface area contributed by atoms with Gasteiger partial charge in [0.2, 0.25) is 5.91 Å². The van der Waals surface area contributed by atoms with E-state index in [9.17, 15) is 9.18 Å². The second-order valence-electron chi connectivity index (χ2n) is 3.35. The standard InChI is InChI=1S/C10H9FINO/c1-13-9(14)3-2-6-4-7(12)5-8(11)10(6)13/h4-5H,2-3H2,1H3. The van der Waals surface area contributed by atoms with Crippen LogP contribution in [0.4, 0.5) is 10.1 Å². The van der Waals surface area contributed by atoms with Gasteiger partial charge in [-0.25, -0.2) is 4.39 Å². The zero-order chi connectivity index (χ0) is 10.3. The van der Waals surface area contributed by atoms with Crippen molar-refractivity contribution in [3.05, 3.63) is 27.1 Å². The van der Waals surface area contributed by atoms with E-state index >= 15 is 0 Å². The number of halogens is 2. The third-order valence-corrected chi connectivity index (χ3v) is 3.05. The van der Waals surface area contributed by atoms with Gasteiger partial charge in [-0.05, 0) is 46.7 Å². The largest absolute Gasteiger partial charge is 0.313 e. The summed E-state index contributed by atoms with van der Waals surface area (Å²) in [5.74, 6) is -0.319. The Balaban J connectivity index is 2.60. The minimum Gasteiger partial charge on any atom is -0.313 e. The van der Waals surface area contributed by atoms with Crippen molar-refractivity contribution < 1.29 is 9.18 Å². The number of carbonyl (C=O) groups is 1. The van der Waals surface area contributed by atoms with E-state index < -0.39 is 0 Å². The smallest absolute Gasteiger partial charge is 0.227 e. The van der Waals surface area contributed by atoms with Crippen molar-refractivity contribution in [2.24, 2.45) is 0 Å². The summed E-state index contributed by atoms with van der Waals surface area (Å²) in [6, 6.07) is 3.39. The molecular formula is C10H9FINO. The molecule has 0 aliphatic carbocycles. The number of benzene rings is 1. The first-order chi connectivity index (χ1) is 6.59. The summed E-state index contributed by atoms with van der Waals surface area (Å²) in [6.45, 7) is 0. The Morgan fingerprint density at radius 2 is 2.14 bits per heavy atom. The molecule has 1 aromatic carbocycles. The molecule has 1 amide bonds. The second-order valence-corrected chi connectivity index (χ2v) is 4.59. The fourth-order valence-corrected chi connectivity index (χ4v) is 2.37. The van der Waals surface area contributed by atoms with Gasteiger partial charge in [-0.3, -0.25) is 4.79 Å². The molecule has 0 saturated heterocycles. The lowest BCUT2D eigenvalue weighted by molar-refractivity contribution is -0.118. The number of carbonyl (C=O) groups excluding carboxylic acids is 1. The predicted molar refractivity (Wildman–Crippen MR) is 60.8 cm³/mol. The van der Waals surface area contributed by atoms with Crippen LogP contribution in [-0.4, -0.2) is 13.0 Å². The molecule has 0 fully saturated rings. The molecule has 0 atom stereocenters. The zero-order valence-corrected chi connectivity index (χ0v) is 9.84. The van der Waals surface area contributed by atoms with Crippen molar-refractivity contribution in [3.63, 3.8) is 0 Å². The number of aryl methyl sites for hydroxylation is 1. The quantitative estimate of drug-likeness (QED) is 0.674. The molecule has 1 heterocycles. The molecule has 1 aliphatic rings. The number of hydrogen-bond donors (Lipinski definition) is 0. The molecular weight excluding hydrogens is 296 g/mol. The lowest BCUT2D eigenvalue weighted by Crippen LogP contribution is -2.32. The monoisotopic (exact) mass is 305 g/mol. The highest BCUT2D eigenvalue weighted by atomic mass is 127. The molecule has 0 aromatic heterocycles. The summed E-state index contributed by atoms with van der Waals surface area (Å²) in [5.41, 5.74) is 1.37. The summed E-state index contributed by atoms with van der Waals surface area (Å²) < 4.78 is 14.4. The van der Waals surface area contributed by atoms with Crippen LogP contribution in [0.1, 0.15) is 12.0 Å². The maximum Gasteiger partial charge on any atom is 0.227 e. The minimum atomic E-state index is -0.303. The normalized spacial score (nSPS) is 15.6. The Hall–Kier alpha value is -0.650. The molecule has 4 heteroatoms. The Morgan fingerprint density at radius 3 is 2.86 bits per heavy atom. The van der Waals surface area contributed by atoms with Gasteiger partial charge >= 0.3 is 0 Å². The third-order valence-electron chi connectivity index (χ3n) is 2.42. The van der Waals surface area contributed by atoms with Crippen LogP contribution in [0.5, 0.6) is 0 Å². The SMILES string of the molecule is CN1C(=O)CCc2cc(I)cc(F)c21. The average Bonchev–Trinajstić information content (AvgIpc) is 2.10. The maximum absolute atomic E-state index is 13.6. The molecule has 74 valence electrons. The lowest BCUT2D eigenvalue weighted by atomic mass is 10.0. The van der Waals surface area contributed by atoms with Gasteiger partial charge < -0.3 is 4.90 Å². The second kappa shape index (κ2) is 3.49. The summed E-state index contributed by atoms with van der Waals surface area (Å²) in [7, 11) is 1.62. The fraction of sp³-hybridized carbons (Fsp3) is 0.300. The first-order valence-corrected chi connectivity index (χ1v) is 5.42. The number of anilines is 1. The van der Waals surface area contributed by atoms with Gasteiger partial charge in [0.05, 0.1) is 5.69 Å². The topological polar surface area (TPSA) is 20.3 Å². The first-order valence-electron chi connectivity index (χ1n) is 4.34. The molecule has 0 saturated carbocycles. The number of nitrogens with zero attached hydrogens (tertiary/aromatic N) is 1. The molecule has 0 unspecified atom stereocenters. The van der Waals surface area contributed by atoms with E-state index in [1.807, 2.05) is 6.07 Å². The Labute approximate surface area is 95.2 Å². The van der Waals surface area contributed by atoms with Crippen molar-refractivity contribution in [2.45, 2.75) is 12.8 Å². The van der Waals surface area contributed by atoms with Crippen LogP contribution in [-0.2, 0) is 11.2 Å². The highest BCUT2D eigenvalue weighted by Crippen LogP contribution is 2.31. The summed E-state index contributed by atoms with van der Waals surface area (Å²) in [6.07, 6.45) is 1.12. The minimum absolute atomic E-state index is 0.0161. The summed E-state index contributed by atoms with van der Waals surface area (Å²) in [5, 5.41) is 0. The molecule has 0 radical (unpaired) electrons. The van der Waals surface area contributed by atoms with Crippen LogP contribution in [0.2, 0.25) is 0 Å². The maximum atomic E-state index is 13.6. The van der Waals surface area contributed by atoms with Gasteiger partial charge in [0.15, 0.2) is 0 Å². The van der Waals surface area contributed by atoms with Gasteiger partial charge in [-0.2, -0.15) is 0 Å². The molecule has 1 aliphatic heterocycles. The van der Waals surface area contributed by atoms with E-state index in [0.29, 0.717) is 18.5 Å². The molecule has 0 spiro atoms. The Bertz CT molecular complexity index is 405. The van der Waals surface area contributed by atoms with Crippen molar-refractivity contribution in [1.29, 1.82) is 0 Å². The molecule has 1 aromatic rings. The molecule has 2 nitrogen and oxygen atoms in total. The number of amides is 1. The molecule has 2 rings (SSSR count). The number of hydrogen-bond acceptors (Lipinski definition) is 1. The Kier molecular flexibility index (Phi) is 2.47. The first kappa shape index (κ1) is 9.89. The van der Waals surface area contributed by atoms with Gasteiger partial charge in [0.25, 0.3) is 0 Å². The van der Waals surface area contributed by atoms with Crippen molar-refractivity contribution in [3.8, 4) is 0 Å². The zero-order valence-electron chi connectivity index (χ0n) is 7.68. The van der Waals surface area contributed by atoms with Crippen LogP contribution in [0.25, 0.3) is 0 Å². The highest BCUT2D eigenvalue weighted by Gasteiger charge is 2.24. The van der Waals surface area contributed by atoms with E-state index in [4.69, 9.17) is 0 Å². The summed E-state index contributed by atoms with van der Waals surface area (Å²) >= 11 is 2.08. The van der Waals surface area contributed by atoms with Crippen molar-refractivity contribution >= 4 is 34.2 Å². The van der Waals surface area contributed by atoms with Gasteiger partial charge in [-0.15, -0.1) is 0 Å². The van der Waals surface area contributed by atoms with Crippen LogP contribution >= 0.6 is 22.6 Å². The molecule has 0 bridgehead atoms. The van der Waals surface area contributed by atoms with Crippen molar-refractivity contribution in [1.82, 2.24) is 0 Å². The van der Waals surface area contributed by atoms with Crippen LogP contribution in [0.15, 0.2) is 12.1 Å². The van der Waals surface area contributed by atoms with Crippen LogP contribution < -0.4 is 4.90 Å². The molecule has 0 N–H and O–H groups in total. The van der Waals surface area contributed by atoms with E-state index in [-0.39, 0.29) is 11.7 Å². The highest BCUT2D eigenvalue weighted by molar-refractivity contribution is 14.1. The Morgan fingerprint density at radius 1 is 1.43 bits per heavy atom.